The van der Waals surface area contributed by atoms with Gasteiger partial charge in [-0.3, -0.25) is 0 Å². The van der Waals surface area contributed by atoms with Gasteiger partial charge in [0.15, 0.2) is 5.11 Å². The molecular formula is C18H20N4S. The van der Waals surface area contributed by atoms with Crippen molar-refractivity contribution in [3.63, 3.8) is 0 Å². The highest BCUT2D eigenvalue weighted by Crippen LogP contribution is 2.21. The first-order chi connectivity index (χ1) is 11.3. The molecule has 118 valence electrons. The monoisotopic (exact) mass is 324 g/mol. The quantitative estimate of drug-likeness (QED) is 0.483. The summed E-state index contributed by atoms with van der Waals surface area (Å²) in [5.41, 5.74) is 4.05. The van der Waals surface area contributed by atoms with Gasteiger partial charge >= 0.3 is 0 Å². The minimum Gasteiger partial charge on any atom is -0.362 e. The van der Waals surface area contributed by atoms with Crippen LogP contribution in [0, 0.1) is 0 Å². The summed E-state index contributed by atoms with van der Waals surface area (Å²) in [5, 5.41) is 7.06. The number of nitrogens with one attached hydrogen (secondary N) is 3. The number of nitrogens with zero attached hydrogens (tertiary/aromatic N) is 1. The lowest BCUT2D eigenvalue weighted by Gasteiger charge is -2.10. The van der Waals surface area contributed by atoms with E-state index in [-0.39, 0.29) is 0 Å². The normalized spacial score (nSPS) is 10.7. The summed E-state index contributed by atoms with van der Waals surface area (Å²) in [4.78, 5) is 7.95. The van der Waals surface area contributed by atoms with Crippen LogP contribution in [0.3, 0.4) is 0 Å². The number of aromatic amines is 1. The number of fused-ring (bicyclic) bond motifs is 1. The molecule has 5 heteroatoms. The van der Waals surface area contributed by atoms with Crippen LogP contribution in [0.4, 0.5) is 5.69 Å². The largest absolute Gasteiger partial charge is 0.362 e. The zero-order chi connectivity index (χ0) is 16.1. The van der Waals surface area contributed by atoms with Crippen LogP contribution in [-0.4, -0.2) is 21.6 Å². The lowest BCUT2D eigenvalue weighted by atomic mass is 10.2. The Labute approximate surface area is 141 Å². The number of para-hydroxylation sites is 2. The van der Waals surface area contributed by atoms with Crippen LogP contribution in [0.25, 0.3) is 22.4 Å². The average Bonchev–Trinajstić information content (AvgIpc) is 3.00. The summed E-state index contributed by atoms with van der Waals surface area (Å²) in [6.07, 6.45) is 2.27. The molecule has 0 atom stereocenters. The van der Waals surface area contributed by atoms with Crippen molar-refractivity contribution >= 4 is 34.1 Å². The Morgan fingerprint density at radius 3 is 2.65 bits per heavy atom. The first-order valence-electron chi connectivity index (χ1n) is 7.86. The van der Waals surface area contributed by atoms with E-state index < -0.39 is 0 Å². The van der Waals surface area contributed by atoms with Crippen LogP contribution >= 0.6 is 12.2 Å². The van der Waals surface area contributed by atoms with Crippen LogP contribution in [-0.2, 0) is 0 Å². The number of unbranched alkanes of at least 4 members (excludes halogenated alkanes) is 1. The fraction of sp³-hybridized carbons (Fsp3) is 0.222. The van der Waals surface area contributed by atoms with E-state index in [4.69, 9.17) is 12.2 Å². The smallest absolute Gasteiger partial charge is 0.170 e. The van der Waals surface area contributed by atoms with Crippen molar-refractivity contribution in [2.24, 2.45) is 0 Å². The van der Waals surface area contributed by atoms with Crippen molar-refractivity contribution in [2.75, 3.05) is 11.9 Å². The summed E-state index contributed by atoms with van der Waals surface area (Å²) in [6, 6.07) is 16.1. The van der Waals surface area contributed by atoms with E-state index in [9.17, 15) is 0 Å². The molecule has 3 aromatic rings. The van der Waals surface area contributed by atoms with Crippen LogP contribution < -0.4 is 10.6 Å². The second-order valence-electron chi connectivity index (χ2n) is 5.41. The molecule has 0 saturated carbocycles. The number of benzene rings is 2. The molecule has 0 bridgehead atoms. The molecule has 0 fully saturated rings. The maximum Gasteiger partial charge on any atom is 0.170 e. The highest BCUT2D eigenvalue weighted by molar-refractivity contribution is 7.80. The van der Waals surface area contributed by atoms with Crippen molar-refractivity contribution in [3.8, 4) is 11.4 Å². The minimum absolute atomic E-state index is 0.662. The summed E-state index contributed by atoms with van der Waals surface area (Å²) >= 11 is 5.28. The first-order valence-corrected chi connectivity index (χ1v) is 8.27. The SMILES string of the molecule is CCCCNC(=S)Nc1ccc(-c2nc3ccccc3[nH]2)cc1. The van der Waals surface area contributed by atoms with E-state index >= 15 is 0 Å². The van der Waals surface area contributed by atoms with Gasteiger partial charge < -0.3 is 15.6 Å². The van der Waals surface area contributed by atoms with Gasteiger partial charge in [-0.2, -0.15) is 0 Å². The molecule has 2 aromatic carbocycles. The Morgan fingerprint density at radius 1 is 1.13 bits per heavy atom. The van der Waals surface area contributed by atoms with Crippen molar-refractivity contribution in [2.45, 2.75) is 19.8 Å². The number of thiocarbonyl (C=S) groups is 1. The van der Waals surface area contributed by atoms with Crippen molar-refractivity contribution in [3.05, 3.63) is 48.5 Å². The molecule has 1 heterocycles. The topological polar surface area (TPSA) is 52.7 Å². The Morgan fingerprint density at radius 2 is 1.91 bits per heavy atom. The second kappa shape index (κ2) is 7.24. The van der Waals surface area contributed by atoms with E-state index in [1.807, 2.05) is 48.5 Å². The Kier molecular flexibility index (Phi) is 4.88. The predicted molar refractivity (Wildman–Crippen MR) is 101 cm³/mol. The number of imidazole rings is 1. The maximum absolute atomic E-state index is 5.28. The molecule has 0 amide bonds. The van der Waals surface area contributed by atoms with E-state index in [2.05, 4.69) is 27.5 Å². The molecule has 3 N–H and O–H groups in total. The molecule has 23 heavy (non-hydrogen) atoms. The van der Waals surface area contributed by atoms with Gasteiger partial charge in [-0.15, -0.1) is 0 Å². The van der Waals surface area contributed by atoms with Crippen molar-refractivity contribution < 1.29 is 0 Å². The number of anilines is 1. The van der Waals surface area contributed by atoms with Gasteiger partial charge in [0.05, 0.1) is 11.0 Å². The zero-order valence-electron chi connectivity index (χ0n) is 13.1. The molecule has 0 aliphatic rings. The van der Waals surface area contributed by atoms with Crippen LogP contribution in [0.2, 0.25) is 0 Å². The summed E-state index contributed by atoms with van der Waals surface area (Å²) in [6.45, 7) is 3.06. The fourth-order valence-corrected chi connectivity index (χ4v) is 2.57. The Hall–Kier alpha value is -2.40. The molecule has 0 aliphatic carbocycles. The molecular weight excluding hydrogens is 304 g/mol. The Balaban J connectivity index is 1.68. The van der Waals surface area contributed by atoms with E-state index in [1.54, 1.807) is 0 Å². The third kappa shape index (κ3) is 3.87. The fourth-order valence-electron chi connectivity index (χ4n) is 2.35. The second-order valence-corrected chi connectivity index (χ2v) is 5.82. The average molecular weight is 324 g/mol. The molecule has 0 spiro atoms. The standard InChI is InChI=1S/C18H20N4S/c1-2-3-12-19-18(23)20-14-10-8-13(9-11-14)17-21-15-6-4-5-7-16(15)22-17/h4-11H,2-3,12H2,1H3,(H,21,22)(H2,19,20,23). The highest BCUT2D eigenvalue weighted by Gasteiger charge is 2.05. The van der Waals surface area contributed by atoms with Crippen LogP contribution in [0.15, 0.2) is 48.5 Å². The molecule has 0 unspecified atom stereocenters. The summed E-state index contributed by atoms with van der Waals surface area (Å²) in [7, 11) is 0. The summed E-state index contributed by atoms with van der Waals surface area (Å²) in [5.74, 6) is 0.876. The summed E-state index contributed by atoms with van der Waals surface area (Å²) < 4.78 is 0. The number of H-pyrrole nitrogens is 1. The molecule has 1 aromatic heterocycles. The van der Waals surface area contributed by atoms with Gasteiger partial charge in [-0.25, -0.2) is 4.98 Å². The molecule has 4 nitrogen and oxygen atoms in total. The minimum atomic E-state index is 0.662. The molecule has 0 radical (unpaired) electrons. The van der Waals surface area contributed by atoms with Gasteiger partial charge in [0.2, 0.25) is 0 Å². The number of rotatable bonds is 5. The van der Waals surface area contributed by atoms with Gasteiger partial charge in [0, 0.05) is 17.8 Å². The van der Waals surface area contributed by atoms with Gasteiger partial charge in [-0.1, -0.05) is 25.5 Å². The first kappa shape index (κ1) is 15.5. The maximum atomic E-state index is 5.28. The lowest BCUT2D eigenvalue weighted by Crippen LogP contribution is -2.29. The molecule has 0 aliphatic heterocycles. The highest BCUT2D eigenvalue weighted by atomic mass is 32.1. The number of hydrogen-bond acceptors (Lipinski definition) is 2. The van der Waals surface area contributed by atoms with Gasteiger partial charge in [0.1, 0.15) is 5.82 Å². The lowest BCUT2D eigenvalue weighted by molar-refractivity contribution is 0.758. The van der Waals surface area contributed by atoms with E-state index in [1.165, 1.54) is 0 Å². The predicted octanol–water partition coefficient (Wildman–Crippen LogP) is 4.32. The molecule has 3 rings (SSSR count). The van der Waals surface area contributed by atoms with Gasteiger partial charge in [0.25, 0.3) is 0 Å². The number of hydrogen-bond donors (Lipinski definition) is 3. The van der Waals surface area contributed by atoms with E-state index in [0.29, 0.717) is 5.11 Å². The Bertz CT molecular complexity index is 759. The van der Waals surface area contributed by atoms with Crippen LogP contribution in [0.1, 0.15) is 19.8 Å². The zero-order valence-corrected chi connectivity index (χ0v) is 13.9. The van der Waals surface area contributed by atoms with E-state index in [0.717, 1.165) is 47.5 Å². The number of aromatic nitrogens is 2. The van der Waals surface area contributed by atoms with Gasteiger partial charge in [-0.05, 0) is 55.0 Å². The van der Waals surface area contributed by atoms with Crippen molar-refractivity contribution in [1.29, 1.82) is 0 Å². The third-order valence-corrected chi connectivity index (χ3v) is 3.87. The third-order valence-electron chi connectivity index (χ3n) is 3.62. The van der Waals surface area contributed by atoms with Crippen LogP contribution in [0.5, 0.6) is 0 Å². The van der Waals surface area contributed by atoms with Crippen molar-refractivity contribution in [1.82, 2.24) is 15.3 Å². The molecule has 0 saturated heterocycles.